The minimum absolute atomic E-state index is 0.00863. The number of carbonyl (C=O) groups is 1. The molecule has 2 saturated carbocycles. The second kappa shape index (κ2) is 7.50. The van der Waals surface area contributed by atoms with Gasteiger partial charge in [-0.1, -0.05) is 12.8 Å². The molecule has 150 valence electrons. The minimum atomic E-state index is -4.00. The molecule has 0 radical (unpaired) electrons. The monoisotopic (exact) mass is 416 g/mol. The summed E-state index contributed by atoms with van der Waals surface area (Å²) in [5.41, 5.74) is -1.26. The van der Waals surface area contributed by atoms with Gasteiger partial charge in [0.25, 0.3) is 0 Å². The summed E-state index contributed by atoms with van der Waals surface area (Å²) in [7, 11) is -7.66. The molecule has 0 aromatic heterocycles. The van der Waals surface area contributed by atoms with Gasteiger partial charge in [-0.25, -0.2) is 21.6 Å². The van der Waals surface area contributed by atoms with Gasteiger partial charge in [0.1, 0.15) is 5.54 Å². The molecule has 0 amide bonds. The van der Waals surface area contributed by atoms with Gasteiger partial charge in [0.2, 0.25) is 20.0 Å². The molecular formula is C17H24N2O6S2. The van der Waals surface area contributed by atoms with Gasteiger partial charge < -0.3 is 4.74 Å². The van der Waals surface area contributed by atoms with Gasteiger partial charge in [0.05, 0.1) is 16.4 Å². The molecule has 0 bridgehead atoms. The summed E-state index contributed by atoms with van der Waals surface area (Å²) >= 11 is 0. The second-order valence-electron chi connectivity index (χ2n) is 6.98. The third kappa shape index (κ3) is 4.50. The molecule has 1 aromatic rings. The van der Waals surface area contributed by atoms with E-state index in [4.69, 9.17) is 4.74 Å². The van der Waals surface area contributed by atoms with E-state index in [0.29, 0.717) is 12.8 Å². The first-order chi connectivity index (χ1) is 12.7. The van der Waals surface area contributed by atoms with Crippen LogP contribution in [-0.2, 0) is 29.6 Å². The number of hydrogen-bond acceptors (Lipinski definition) is 6. The van der Waals surface area contributed by atoms with Crippen molar-refractivity contribution < 1.29 is 26.4 Å². The Bertz CT molecular complexity index is 899. The van der Waals surface area contributed by atoms with Crippen molar-refractivity contribution in [1.82, 2.24) is 9.44 Å². The molecule has 0 heterocycles. The topological polar surface area (TPSA) is 119 Å². The molecule has 0 spiro atoms. The smallest absolute Gasteiger partial charge is 0.327 e. The Labute approximate surface area is 159 Å². The molecule has 8 nitrogen and oxygen atoms in total. The highest BCUT2D eigenvalue weighted by Gasteiger charge is 2.45. The van der Waals surface area contributed by atoms with Gasteiger partial charge in [-0.3, -0.25) is 4.79 Å². The van der Waals surface area contributed by atoms with Crippen molar-refractivity contribution in [2.45, 2.75) is 66.8 Å². The molecule has 0 aliphatic heterocycles. The number of benzene rings is 1. The molecular weight excluding hydrogens is 392 g/mol. The Kier molecular flexibility index (Phi) is 5.62. The van der Waals surface area contributed by atoms with E-state index in [0.717, 1.165) is 25.7 Å². The maximum absolute atomic E-state index is 12.8. The van der Waals surface area contributed by atoms with E-state index in [1.54, 1.807) is 6.92 Å². The summed E-state index contributed by atoms with van der Waals surface area (Å²) in [5.74, 6) is -0.570. The Morgan fingerprint density at radius 3 is 2.04 bits per heavy atom. The van der Waals surface area contributed by atoms with Gasteiger partial charge in [0.15, 0.2) is 0 Å². The second-order valence-corrected chi connectivity index (χ2v) is 10.4. The third-order valence-electron chi connectivity index (χ3n) is 4.80. The molecule has 0 unspecified atom stereocenters. The van der Waals surface area contributed by atoms with E-state index in [-0.39, 0.29) is 22.4 Å². The highest BCUT2D eigenvalue weighted by atomic mass is 32.2. The molecule has 2 fully saturated rings. The van der Waals surface area contributed by atoms with E-state index < -0.39 is 31.6 Å². The highest BCUT2D eigenvalue weighted by Crippen LogP contribution is 2.33. The van der Waals surface area contributed by atoms with Crippen molar-refractivity contribution in [2.24, 2.45) is 0 Å². The number of rotatable bonds is 8. The molecule has 0 atom stereocenters. The molecule has 3 rings (SSSR count). The Balaban J connectivity index is 1.81. The van der Waals surface area contributed by atoms with E-state index in [1.165, 1.54) is 24.3 Å². The van der Waals surface area contributed by atoms with Crippen LogP contribution in [0.25, 0.3) is 0 Å². The predicted molar refractivity (Wildman–Crippen MR) is 97.9 cm³/mol. The fourth-order valence-corrected chi connectivity index (χ4v) is 5.92. The largest absolute Gasteiger partial charge is 0.465 e. The SMILES string of the molecule is CCOC(=O)C1(NS(=O)(=O)c2ccc(S(=O)(=O)NC3CC3)cc2)CCCC1. The molecule has 27 heavy (non-hydrogen) atoms. The van der Waals surface area contributed by atoms with E-state index >= 15 is 0 Å². The van der Waals surface area contributed by atoms with Gasteiger partial charge >= 0.3 is 5.97 Å². The molecule has 2 N–H and O–H groups in total. The lowest BCUT2D eigenvalue weighted by Gasteiger charge is -2.27. The Morgan fingerprint density at radius 1 is 1.04 bits per heavy atom. The average molecular weight is 417 g/mol. The number of carbonyl (C=O) groups excluding carboxylic acids is 1. The summed E-state index contributed by atoms with van der Waals surface area (Å²) in [6, 6.07) is 4.94. The highest BCUT2D eigenvalue weighted by molar-refractivity contribution is 7.90. The molecule has 0 saturated heterocycles. The van der Waals surface area contributed by atoms with E-state index in [2.05, 4.69) is 9.44 Å². The summed E-state index contributed by atoms with van der Waals surface area (Å²) in [6.07, 6.45) is 3.83. The number of sulfonamides is 2. The lowest BCUT2D eigenvalue weighted by molar-refractivity contribution is -0.150. The van der Waals surface area contributed by atoms with Crippen LogP contribution in [0.5, 0.6) is 0 Å². The first-order valence-electron chi connectivity index (χ1n) is 9.02. The molecule has 1 aromatic carbocycles. The van der Waals surface area contributed by atoms with Crippen LogP contribution in [0.15, 0.2) is 34.1 Å². The fourth-order valence-electron chi connectivity index (χ4n) is 3.20. The predicted octanol–water partition coefficient (Wildman–Crippen LogP) is 1.28. The van der Waals surface area contributed by atoms with Crippen molar-refractivity contribution in [2.75, 3.05) is 6.61 Å². The van der Waals surface area contributed by atoms with Crippen molar-refractivity contribution in [3.63, 3.8) is 0 Å². The Hall–Kier alpha value is -1.49. The van der Waals surface area contributed by atoms with Crippen LogP contribution in [0.3, 0.4) is 0 Å². The number of ether oxygens (including phenoxy) is 1. The average Bonchev–Trinajstić information content (AvgIpc) is 3.29. The molecule has 2 aliphatic rings. The standard InChI is InChI=1S/C17H24N2O6S2/c1-2-25-16(20)17(11-3-4-12-17)19-27(23,24)15-9-7-14(8-10-15)26(21,22)18-13-5-6-13/h7-10,13,18-19H,2-6,11-12H2,1H3. The van der Waals surface area contributed by atoms with Crippen LogP contribution in [0, 0.1) is 0 Å². The molecule has 2 aliphatic carbocycles. The number of esters is 1. The summed E-state index contributed by atoms with van der Waals surface area (Å²) in [5, 5.41) is 0. The van der Waals surface area contributed by atoms with Gasteiger partial charge in [-0.05, 0) is 56.9 Å². The maximum Gasteiger partial charge on any atom is 0.327 e. The van der Waals surface area contributed by atoms with E-state index in [9.17, 15) is 21.6 Å². The van der Waals surface area contributed by atoms with Crippen LogP contribution < -0.4 is 9.44 Å². The summed E-state index contributed by atoms with van der Waals surface area (Å²) < 4.78 is 60.0. The zero-order valence-electron chi connectivity index (χ0n) is 15.1. The lowest BCUT2D eigenvalue weighted by atomic mass is 10.00. The normalized spacial score (nSPS) is 19.7. The van der Waals surface area contributed by atoms with Crippen LogP contribution >= 0.6 is 0 Å². The van der Waals surface area contributed by atoms with Crippen molar-refractivity contribution in [3.05, 3.63) is 24.3 Å². The molecule has 10 heteroatoms. The van der Waals surface area contributed by atoms with Gasteiger partial charge in [-0.15, -0.1) is 0 Å². The zero-order chi connectivity index (χ0) is 19.7. The third-order valence-corrected chi connectivity index (χ3v) is 7.89. The van der Waals surface area contributed by atoms with Crippen LogP contribution in [0.4, 0.5) is 0 Å². The Morgan fingerprint density at radius 2 is 1.56 bits per heavy atom. The minimum Gasteiger partial charge on any atom is -0.465 e. The first-order valence-corrected chi connectivity index (χ1v) is 12.0. The van der Waals surface area contributed by atoms with Crippen molar-refractivity contribution in [1.29, 1.82) is 0 Å². The lowest BCUT2D eigenvalue weighted by Crippen LogP contribution is -2.53. The van der Waals surface area contributed by atoms with Crippen LogP contribution in [-0.4, -0.2) is 41.0 Å². The quantitative estimate of drug-likeness (QED) is 0.616. The van der Waals surface area contributed by atoms with Crippen LogP contribution in [0.1, 0.15) is 45.4 Å². The number of hydrogen-bond donors (Lipinski definition) is 2. The van der Waals surface area contributed by atoms with Crippen LogP contribution in [0.2, 0.25) is 0 Å². The van der Waals surface area contributed by atoms with Crippen molar-refractivity contribution in [3.8, 4) is 0 Å². The number of nitrogens with one attached hydrogen (secondary N) is 2. The fraction of sp³-hybridized carbons (Fsp3) is 0.588. The summed E-state index contributed by atoms with van der Waals surface area (Å²) in [4.78, 5) is 12.2. The van der Waals surface area contributed by atoms with Gasteiger partial charge in [0, 0.05) is 6.04 Å². The van der Waals surface area contributed by atoms with E-state index in [1.807, 2.05) is 0 Å². The first kappa shape index (κ1) is 20.2. The van der Waals surface area contributed by atoms with Gasteiger partial charge in [-0.2, -0.15) is 4.72 Å². The summed E-state index contributed by atoms with van der Waals surface area (Å²) in [6.45, 7) is 1.84. The van der Waals surface area contributed by atoms with Crippen molar-refractivity contribution >= 4 is 26.0 Å². The maximum atomic E-state index is 12.8. The zero-order valence-corrected chi connectivity index (χ0v) is 16.7.